The molecule has 0 aromatic heterocycles. The van der Waals surface area contributed by atoms with Crippen LogP contribution in [0, 0.1) is 0 Å². The Kier molecular flexibility index (Phi) is 28.2. The molecule has 0 saturated carbocycles. The average molecular weight is 328 g/mol. The van der Waals surface area contributed by atoms with Crippen molar-refractivity contribution in [3.05, 3.63) is 0 Å². The summed E-state index contributed by atoms with van der Waals surface area (Å²) in [4.78, 5) is 0. The monoisotopic (exact) mass is 327 g/mol. The fourth-order valence-electron chi connectivity index (χ4n) is 2.27. The molecule has 0 heterocycles. The Bertz CT molecular complexity index is 118. The van der Waals surface area contributed by atoms with Gasteiger partial charge < -0.3 is 0 Å². The lowest BCUT2D eigenvalue weighted by molar-refractivity contribution is 0.538. The third kappa shape index (κ3) is 28.0. The molecule has 0 aliphatic heterocycles. The fourth-order valence-corrected chi connectivity index (χ4v) is 2.27. The minimum atomic E-state index is 0.361. The summed E-state index contributed by atoms with van der Waals surface area (Å²) in [6.07, 6.45) is 20.4. The van der Waals surface area contributed by atoms with Crippen LogP contribution in [0.4, 0.5) is 0 Å². The van der Waals surface area contributed by atoms with Crippen LogP contribution in [0.1, 0.15) is 104 Å². The van der Waals surface area contributed by atoms with E-state index < -0.39 is 0 Å². The molecule has 19 heavy (non-hydrogen) atoms. The zero-order chi connectivity index (χ0) is 14.6. The van der Waals surface area contributed by atoms with Crippen molar-refractivity contribution in [2.75, 3.05) is 0 Å². The van der Waals surface area contributed by atoms with Crippen molar-refractivity contribution in [1.82, 2.24) is 0 Å². The number of halogens is 2. The molecular weight excluding hydrogens is 294 g/mol. The average Bonchev–Trinajstić information content (AvgIpc) is 2.41. The second-order valence-electron chi connectivity index (χ2n) is 5.31. The van der Waals surface area contributed by atoms with E-state index in [4.69, 9.17) is 22.5 Å². The van der Waals surface area contributed by atoms with Crippen LogP contribution in [0.5, 0.6) is 0 Å². The van der Waals surface area contributed by atoms with Crippen molar-refractivity contribution < 1.29 is 0 Å². The van der Waals surface area contributed by atoms with Gasteiger partial charge in [-0.15, -0.1) is 0 Å². The quantitative estimate of drug-likeness (QED) is 0.234. The molecule has 0 rings (SSSR count). The molecule has 0 aromatic rings. The second-order valence-corrected chi connectivity index (χ2v) is 6.97. The van der Waals surface area contributed by atoms with Gasteiger partial charge >= 0.3 is 0 Å². The summed E-state index contributed by atoms with van der Waals surface area (Å²) in [7, 11) is 0.361. The van der Waals surface area contributed by atoms with E-state index in [2.05, 4.69) is 13.8 Å². The number of hydrogen-bond donors (Lipinski definition) is 0. The summed E-state index contributed by atoms with van der Waals surface area (Å²) < 4.78 is 0. The van der Waals surface area contributed by atoms with E-state index >= 15 is 0 Å². The predicted molar refractivity (Wildman–Crippen MR) is 94.6 cm³/mol. The highest BCUT2D eigenvalue weighted by Gasteiger charge is 1.92. The summed E-state index contributed by atoms with van der Waals surface area (Å²) in [5.74, 6) is 0. The zero-order valence-corrected chi connectivity index (χ0v) is 15.5. The number of unbranched alkanes of at least 4 members (excludes halogenated alkanes) is 13. The van der Waals surface area contributed by atoms with Crippen molar-refractivity contribution in [2.24, 2.45) is 0 Å². The third-order valence-electron chi connectivity index (χ3n) is 3.46. The van der Waals surface area contributed by atoms with Gasteiger partial charge in [-0.05, 0) is 0 Å². The summed E-state index contributed by atoms with van der Waals surface area (Å²) >= 11 is 9.47. The summed E-state index contributed by atoms with van der Waals surface area (Å²) in [5.41, 5.74) is 0. The Hall–Kier alpha value is 1.01. The van der Waals surface area contributed by atoms with Gasteiger partial charge in [0.05, 0.1) is 0 Å². The number of hydrogen-bond acceptors (Lipinski definition) is 0. The molecule has 0 fully saturated rings. The highest BCUT2D eigenvalue weighted by atomic mass is 35.9. The summed E-state index contributed by atoms with van der Waals surface area (Å²) in [6, 6.07) is 0. The van der Waals surface area contributed by atoms with Crippen LogP contribution in [-0.4, -0.2) is 0 Å². The molecule has 117 valence electrons. The van der Waals surface area contributed by atoms with E-state index in [1.54, 1.807) is 0 Å². The first kappa shape index (κ1) is 22.3. The predicted octanol–water partition coefficient (Wildman–Crippen LogP) is 8.73. The highest BCUT2D eigenvalue weighted by molar-refractivity contribution is 7.90. The van der Waals surface area contributed by atoms with Gasteiger partial charge in [-0.1, -0.05) is 126 Å². The van der Waals surface area contributed by atoms with Gasteiger partial charge in [0.25, 0.3) is 0 Å². The van der Waals surface area contributed by atoms with Crippen LogP contribution in [0.15, 0.2) is 0 Å². The molecule has 0 bridgehead atoms. The maximum absolute atomic E-state index is 4.74. The van der Waals surface area contributed by atoms with Crippen LogP contribution >= 0.6 is 29.8 Å². The molecule has 0 amide bonds. The van der Waals surface area contributed by atoms with Gasteiger partial charge in [0.2, 0.25) is 0 Å². The normalized spacial score (nSPS) is 10.1. The Morgan fingerprint density at radius 2 is 0.632 bits per heavy atom. The molecule has 0 spiro atoms. The van der Waals surface area contributed by atoms with Crippen molar-refractivity contribution >= 4 is 29.8 Å². The summed E-state index contributed by atoms with van der Waals surface area (Å²) in [6.45, 7) is 4.58. The van der Waals surface area contributed by atoms with Crippen molar-refractivity contribution in [2.45, 2.75) is 104 Å². The molecule has 1 radical (unpaired) electrons. The zero-order valence-electron chi connectivity index (χ0n) is 13.1. The number of rotatable bonds is 13. The van der Waals surface area contributed by atoms with Crippen molar-refractivity contribution in [3.8, 4) is 0 Å². The fraction of sp³-hybridized carbons (Fsp3) is 1.00. The van der Waals surface area contributed by atoms with Gasteiger partial charge in [0, 0.05) is 0 Å². The van der Waals surface area contributed by atoms with Gasteiger partial charge in [-0.2, -0.15) is 0 Å². The van der Waals surface area contributed by atoms with E-state index in [0.717, 1.165) is 0 Å². The minimum Gasteiger partial charge on any atom is -0.0704 e. The molecule has 0 nitrogen and oxygen atoms in total. The molecule has 0 atom stereocenters. The maximum Gasteiger partial charge on any atom is 0.141 e. The van der Waals surface area contributed by atoms with Gasteiger partial charge in [0.1, 0.15) is 7.29 Å². The molecule has 0 aliphatic carbocycles. The van der Waals surface area contributed by atoms with Crippen LogP contribution in [0.25, 0.3) is 0 Å². The summed E-state index contributed by atoms with van der Waals surface area (Å²) in [5, 5.41) is 0. The van der Waals surface area contributed by atoms with Gasteiger partial charge in [-0.25, -0.2) is 0 Å². The SMILES string of the molecule is CCCCCCCCCCCCCCCC.Cl[P]Cl. The van der Waals surface area contributed by atoms with Crippen LogP contribution < -0.4 is 0 Å². The largest absolute Gasteiger partial charge is 0.141 e. The second kappa shape index (κ2) is 24.1. The molecule has 0 aliphatic rings. The lowest BCUT2D eigenvalue weighted by Gasteiger charge is -2.02. The van der Waals surface area contributed by atoms with E-state index in [0.29, 0.717) is 7.29 Å². The Labute approximate surface area is 133 Å². The molecule has 0 saturated heterocycles. The van der Waals surface area contributed by atoms with Gasteiger partial charge in [0.15, 0.2) is 0 Å². The Morgan fingerprint density at radius 1 is 0.474 bits per heavy atom. The Balaban J connectivity index is 0. The first-order valence-electron chi connectivity index (χ1n) is 8.25. The third-order valence-corrected chi connectivity index (χ3v) is 3.46. The van der Waals surface area contributed by atoms with Crippen LogP contribution in [0.3, 0.4) is 0 Å². The van der Waals surface area contributed by atoms with E-state index in [1.807, 2.05) is 0 Å². The van der Waals surface area contributed by atoms with E-state index in [-0.39, 0.29) is 0 Å². The van der Waals surface area contributed by atoms with E-state index in [9.17, 15) is 0 Å². The molecule has 0 unspecified atom stereocenters. The molecule has 0 aromatic carbocycles. The van der Waals surface area contributed by atoms with Crippen LogP contribution in [-0.2, 0) is 0 Å². The lowest BCUT2D eigenvalue weighted by Crippen LogP contribution is -1.82. The van der Waals surface area contributed by atoms with Crippen LogP contribution in [0.2, 0.25) is 0 Å². The minimum absolute atomic E-state index is 0.361. The van der Waals surface area contributed by atoms with E-state index in [1.165, 1.54) is 89.9 Å². The first-order chi connectivity index (χ1) is 9.33. The highest BCUT2D eigenvalue weighted by Crippen LogP contribution is 2.19. The maximum atomic E-state index is 4.74. The lowest BCUT2D eigenvalue weighted by atomic mass is 10.0. The standard InChI is InChI=1S/C16H34.Cl2P/c1-3-5-7-9-11-13-15-16-14-12-10-8-6-4-2;1-3-2/h3-16H2,1-2H3;. The Morgan fingerprint density at radius 3 is 0.789 bits per heavy atom. The van der Waals surface area contributed by atoms with Crippen molar-refractivity contribution in [1.29, 1.82) is 0 Å². The molecular formula is C16H34Cl2P. The van der Waals surface area contributed by atoms with Gasteiger partial charge in [-0.3, -0.25) is 0 Å². The smallest absolute Gasteiger partial charge is 0.0704 e. The molecule has 0 N–H and O–H groups in total. The molecule has 3 heteroatoms. The van der Waals surface area contributed by atoms with Crippen molar-refractivity contribution in [3.63, 3.8) is 0 Å². The first-order valence-corrected chi connectivity index (χ1v) is 11.0. The topological polar surface area (TPSA) is 0 Å².